The lowest BCUT2D eigenvalue weighted by Crippen LogP contribution is -2.14. The predicted molar refractivity (Wildman–Crippen MR) is 79.6 cm³/mol. The molecule has 0 aliphatic carbocycles. The molecule has 0 saturated heterocycles. The van der Waals surface area contributed by atoms with Crippen LogP contribution in [-0.2, 0) is 16.6 Å². The van der Waals surface area contributed by atoms with E-state index in [4.69, 9.17) is 5.73 Å². The number of sulfonamides is 1. The topological polar surface area (TPSA) is 107 Å². The van der Waals surface area contributed by atoms with Crippen molar-refractivity contribution in [2.75, 3.05) is 10.5 Å². The normalized spacial score (nSPS) is 11.3. The molecule has 0 fully saturated rings. The van der Waals surface area contributed by atoms with Crippen LogP contribution in [0.3, 0.4) is 0 Å². The quantitative estimate of drug-likeness (QED) is 0.814. The first kappa shape index (κ1) is 15.0. The minimum atomic E-state index is -3.81. The Kier molecular flexibility index (Phi) is 3.99. The fourth-order valence-electron chi connectivity index (χ4n) is 1.77. The van der Waals surface area contributed by atoms with E-state index in [2.05, 4.69) is 9.82 Å². The van der Waals surface area contributed by atoms with Crippen molar-refractivity contribution >= 4 is 27.3 Å². The van der Waals surface area contributed by atoms with Crippen LogP contribution in [0.2, 0.25) is 0 Å². The highest BCUT2D eigenvalue weighted by Gasteiger charge is 2.21. The number of carbonyl (C=O) groups is 1. The van der Waals surface area contributed by atoms with Crippen molar-refractivity contribution in [3.63, 3.8) is 0 Å². The third kappa shape index (κ3) is 3.22. The van der Waals surface area contributed by atoms with Crippen molar-refractivity contribution in [2.24, 2.45) is 0 Å². The van der Waals surface area contributed by atoms with E-state index in [1.54, 1.807) is 12.1 Å². The molecule has 8 heteroatoms. The number of nitrogen functional groups attached to an aromatic ring is 1. The number of carbonyl (C=O) groups excluding carboxylic acids is 1. The Morgan fingerprint density at radius 1 is 1.33 bits per heavy atom. The van der Waals surface area contributed by atoms with Crippen LogP contribution in [0.25, 0.3) is 0 Å². The van der Waals surface area contributed by atoms with Crippen LogP contribution in [0.1, 0.15) is 24.2 Å². The molecule has 0 aliphatic rings. The summed E-state index contributed by atoms with van der Waals surface area (Å²) in [7, 11) is -3.81. The second kappa shape index (κ2) is 5.57. The molecule has 3 N–H and O–H groups in total. The smallest absolute Gasteiger partial charge is 0.267 e. The largest absolute Gasteiger partial charge is 0.381 e. The van der Waals surface area contributed by atoms with E-state index >= 15 is 0 Å². The summed E-state index contributed by atoms with van der Waals surface area (Å²) in [5, 5.41) is 3.90. The molecule has 2 aromatic rings. The summed E-state index contributed by atoms with van der Waals surface area (Å²) >= 11 is 0. The van der Waals surface area contributed by atoms with Gasteiger partial charge in [-0.1, -0.05) is 0 Å². The summed E-state index contributed by atoms with van der Waals surface area (Å²) in [6.07, 6.45) is 1.38. The van der Waals surface area contributed by atoms with Gasteiger partial charge in [-0.25, -0.2) is 8.42 Å². The molecule has 0 unspecified atom stereocenters. The lowest BCUT2D eigenvalue weighted by molar-refractivity contribution is 0.101. The van der Waals surface area contributed by atoms with E-state index < -0.39 is 10.0 Å². The molecule has 1 heterocycles. The van der Waals surface area contributed by atoms with E-state index in [0.29, 0.717) is 17.8 Å². The number of benzene rings is 1. The number of anilines is 2. The number of ketones is 1. The number of hydrogen-bond acceptors (Lipinski definition) is 5. The van der Waals surface area contributed by atoms with Gasteiger partial charge in [0, 0.05) is 24.0 Å². The van der Waals surface area contributed by atoms with E-state index in [1.165, 1.54) is 29.9 Å². The highest BCUT2D eigenvalue weighted by atomic mass is 32.2. The fraction of sp³-hybridized carbons (Fsp3) is 0.231. The van der Waals surface area contributed by atoms with Gasteiger partial charge >= 0.3 is 0 Å². The maximum absolute atomic E-state index is 12.3. The third-order valence-corrected chi connectivity index (χ3v) is 4.31. The van der Waals surface area contributed by atoms with E-state index in [-0.39, 0.29) is 16.5 Å². The molecule has 0 bridgehead atoms. The molecule has 7 nitrogen and oxygen atoms in total. The number of rotatable bonds is 5. The summed E-state index contributed by atoms with van der Waals surface area (Å²) < 4.78 is 28.4. The Hall–Kier alpha value is -2.35. The Morgan fingerprint density at radius 3 is 2.43 bits per heavy atom. The average molecular weight is 308 g/mol. The number of nitrogens with one attached hydrogen (secondary N) is 1. The molecule has 1 aromatic heterocycles. The van der Waals surface area contributed by atoms with Crippen LogP contribution in [-0.4, -0.2) is 24.0 Å². The van der Waals surface area contributed by atoms with Crippen LogP contribution in [0, 0.1) is 0 Å². The highest BCUT2D eigenvalue weighted by molar-refractivity contribution is 7.92. The molecular weight excluding hydrogens is 292 g/mol. The zero-order valence-corrected chi connectivity index (χ0v) is 12.5. The van der Waals surface area contributed by atoms with Gasteiger partial charge < -0.3 is 5.73 Å². The van der Waals surface area contributed by atoms with Gasteiger partial charge in [-0.15, -0.1) is 0 Å². The standard InChI is InChI=1S/C13H16N4O3S/c1-3-17-8-12(13(14)15-17)21(19,20)16-11-6-4-10(5-7-11)9(2)18/h4-8,16H,3H2,1-2H3,(H2,14,15). The summed E-state index contributed by atoms with van der Waals surface area (Å²) in [5.74, 6) is -0.137. The van der Waals surface area contributed by atoms with Gasteiger partial charge in [-0.05, 0) is 38.1 Å². The van der Waals surface area contributed by atoms with Crippen molar-refractivity contribution in [1.82, 2.24) is 9.78 Å². The Bertz CT molecular complexity index is 763. The molecule has 112 valence electrons. The fourth-order valence-corrected chi connectivity index (χ4v) is 2.90. The molecule has 0 saturated carbocycles. The molecule has 0 aliphatic heterocycles. The van der Waals surface area contributed by atoms with Gasteiger partial charge in [-0.2, -0.15) is 5.10 Å². The van der Waals surface area contributed by atoms with Gasteiger partial charge in [0.2, 0.25) is 0 Å². The number of Topliss-reactive ketones (excluding diaryl/α,β-unsaturated/α-hetero) is 1. The first-order valence-corrected chi connectivity index (χ1v) is 7.78. The van der Waals surface area contributed by atoms with Gasteiger partial charge in [0.25, 0.3) is 10.0 Å². The van der Waals surface area contributed by atoms with Crippen molar-refractivity contribution < 1.29 is 13.2 Å². The second-order valence-corrected chi connectivity index (χ2v) is 6.12. The Labute approximate surface area is 122 Å². The number of hydrogen-bond donors (Lipinski definition) is 2. The van der Waals surface area contributed by atoms with Crippen LogP contribution in [0.4, 0.5) is 11.5 Å². The molecular formula is C13H16N4O3S. The summed E-state index contributed by atoms with van der Waals surface area (Å²) in [5.41, 5.74) is 6.49. The molecule has 0 amide bonds. The van der Waals surface area contributed by atoms with Crippen molar-refractivity contribution in [3.8, 4) is 0 Å². The molecule has 2 rings (SSSR count). The van der Waals surface area contributed by atoms with Crippen LogP contribution >= 0.6 is 0 Å². The van der Waals surface area contributed by atoms with Crippen LogP contribution in [0.5, 0.6) is 0 Å². The van der Waals surface area contributed by atoms with Crippen LogP contribution in [0.15, 0.2) is 35.4 Å². The summed E-state index contributed by atoms with van der Waals surface area (Å²) in [6, 6.07) is 6.15. The zero-order chi connectivity index (χ0) is 15.6. The molecule has 0 atom stereocenters. The van der Waals surface area contributed by atoms with E-state index in [9.17, 15) is 13.2 Å². The van der Waals surface area contributed by atoms with E-state index in [0.717, 1.165) is 0 Å². The number of nitrogens with zero attached hydrogens (tertiary/aromatic N) is 2. The first-order chi connectivity index (χ1) is 9.83. The monoisotopic (exact) mass is 308 g/mol. The third-order valence-electron chi connectivity index (χ3n) is 2.91. The number of aromatic nitrogens is 2. The molecule has 0 spiro atoms. The van der Waals surface area contributed by atoms with Crippen molar-refractivity contribution in [1.29, 1.82) is 0 Å². The maximum Gasteiger partial charge on any atom is 0.267 e. The van der Waals surface area contributed by atoms with Crippen LogP contribution < -0.4 is 10.5 Å². The van der Waals surface area contributed by atoms with Crippen molar-refractivity contribution in [3.05, 3.63) is 36.0 Å². The SMILES string of the molecule is CCn1cc(S(=O)(=O)Nc2ccc(C(C)=O)cc2)c(N)n1. The zero-order valence-electron chi connectivity index (χ0n) is 11.7. The molecule has 21 heavy (non-hydrogen) atoms. The molecule has 1 aromatic carbocycles. The molecule has 0 radical (unpaired) electrons. The summed E-state index contributed by atoms with van der Waals surface area (Å²) in [4.78, 5) is 11.1. The highest BCUT2D eigenvalue weighted by Crippen LogP contribution is 2.20. The number of nitrogens with two attached hydrogens (primary N) is 1. The van der Waals surface area contributed by atoms with E-state index in [1.807, 2.05) is 6.92 Å². The maximum atomic E-state index is 12.3. The lowest BCUT2D eigenvalue weighted by Gasteiger charge is -2.07. The summed E-state index contributed by atoms with van der Waals surface area (Å²) in [6.45, 7) is 3.79. The minimum Gasteiger partial charge on any atom is -0.381 e. The Morgan fingerprint density at radius 2 is 1.95 bits per heavy atom. The van der Waals surface area contributed by atoms with Gasteiger partial charge in [0.15, 0.2) is 11.6 Å². The lowest BCUT2D eigenvalue weighted by atomic mass is 10.1. The van der Waals surface area contributed by atoms with Gasteiger partial charge in [-0.3, -0.25) is 14.2 Å². The Balaban J connectivity index is 2.28. The first-order valence-electron chi connectivity index (χ1n) is 6.30. The number of aryl methyl sites for hydroxylation is 1. The average Bonchev–Trinajstić information content (AvgIpc) is 2.81. The second-order valence-electron chi connectivity index (χ2n) is 4.47. The van der Waals surface area contributed by atoms with Gasteiger partial charge in [0.1, 0.15) is 4.90 Å². The predicted octanol–water partition coefficient (Wildman–Crippen LogP) is 1.49. The van der Waals surface area contributed by atoms with Crippen molar-refractivity contribution in [2.45, 2.75) is 25.3 Å². The minimum absolute atomic E-state index is 0.0512. The van der Waals surface area contributed by atoms with Gasteiger partial charge in [0.05, 0.1) is 0 Å².